The van der Waals surface area contributed by atoms with Crippen LogP contribution in [0.5, 0.6) is 0 Å². The van der Waals surface area contributed by atoms with Gasteiger partial charge in [-0.3, -0.25) is 0 Å². The largest absolute Gasteiger partial charge is 0.339 e. The molecule has 0 bridgehead atoms. The average molecular weight is 425 g/mol. The number of rotatable bonds is 5. The van der Waals surface area contributed by atoms with Crippen LogP contribution in [-0.4, -0.2) is 25.1 Å². The molecule has 6 nitrogen and oxygen atoms in total. The second-order valence-corrected chi connectivity index (χ2v) is 7.46. The van der Waals surface area contributed by atoms with E-state index in [2.05, 4.69) is 46.7 Å². The molecular weight excluding hydrogens is 414 g/mol. The molecule has 0 atom stereocenters. The Morgan fingerprint density at radius 3 is 2.70 bits per heavy atom. The third kappa shape index (κ3) is 3.87. The molecule has 0 amide bonds. The Hall–Kier alpha value is -0.770. The van der Waals surface area contributed by atoms with Crippen molar-refractivity contribution in [1.29, 1.82) is 0 Å². The van der Waals surface area contributed by atoms with Crippen molar-refractivity contribution < 1.29 is 12.9 Å². The third-order valence-electron chi connectivity index (χ3n) is 2.38. The van der Waals surface area contributed by atoms with Crippen LogP contribution in [0.1, 0.15) is 11.7 Å². The minimum atomic E-state index is -3.58. The van der Waals surface area contributed by atoms with Crippen molar-refractivity contribution in [2.45, 2.75) is 18.2 Å². The highest BCUT2D eigenvalue weighted by molar-refractivity contribution is 9.11. The number of hydrogen-bond donors (Lipinski definition) is 1. The number of sulfonamides is 1. The van der Waals surface area contributed by atoms with Gasteiger partial charge in [-0.1, -0.05) is 21.1 Å². The zero-order valence-electron chi connectivity index (χ0n) is 10.4. The fourth-order valence-corrected chi connectivity index (χ4v) is 4.28. The first-order chi connectivity index (χ1) is 9.38. The van der Waals surface area contributed by atoms with Crippen LogP contribution in [0.4, 0.5) is 0 Å². The van der Waals surface area contributed by atoms with Gasteiger partial charge < -0.3 is 4.52 Å². The zero-order chi connectivity index (χ0) is 14.8. The molecule has 1 aromatic heterocycles. The van der Waals surface area contributed by atoms with Gasteiger partial charge in [0.15, 0.2) is 5.82 Å². The van der Waals surface area contributed by atoms with Gasteiger partial charge in [0.2, 0.25) is 15.9 Å². The smallest absolute Gasteiger partial charge is 0.241 e. The first kappa shape index (κ1) is 15.6. The summed E-state index contributed by atoms with van der Waals surface area (Å²) in [7, 11) is -3.58. The summed E-state index contributed by atoms with van der Waals surface area (Å²) in [4.78, 5) is 4.19. The van der Waals surface area contributed by atoms with Gasteiger partial charge in [0.05, 0.1) is 4.90 Å². The molecule has 2 aromatic rings. The maximum Gasteiger partial charge on any atom is 0.241 e. The molecule has 0 unspecified atom stereocenters. The molecule has 0 aliphatic heterocycles. The van der Waals surface area contributed by atoms with Crippen LogP contribution in [0.25, 0.3) is 0 Å². The molecule has 20 heavy (non-hydrogen) atoms. The molecule has 0 radical (unpaired) electrons. The van der Waals surface area contributed by atoms with Crippen molar-refractivity contribution in [2.75, 3.05) is 6.54 Å². The van der Waals surface area contributed by atoms with Crippen molar-refractivity contribution in [2.24, 2.45) is 0 Å². The zero-order valence-corrected chi connectivity index (χ0v) is 14.4. The van der Waals surface area contributed by atoms with E-state index in [9.17, 15) is 8.42 Å². The third-order valence-corrected chi connectivity index (χ3v) is 5.32. The van der Waals surface area contributed by atoms with Crippen LogP contribution in [0.15, 0.2) is 36.6 Å². The average Bonchev–Trinajstić information content (AvgIpc) is 2.74. The summed E-state index contributed by atoms with van der Waals surface area (Å²) < 4.78 is 33.0. The summed E-state index contributed by atoms with van der Waals surface area (Å²) in [5.74, 6) is 0.929. The molecular formula is C11H11Br2N3O3S. The fraction of sp³-hybridized carbons (Fsp3) is 0.273. The SMILES string of the molecule is Cc1noc(CCNS(=O)(=O)c2ccc(Br)cc2Br)n1. The quantitative estimate of drug-likeness (QED) is 0.796. The fourth-order valence-electron chi connectivity index (χ4n) is 1.50. The second kappa shape index (κ2) is 6.33. The number of aryl methyl sites for hydroxylation is 1. The Bertz CT molecular complexity index is 715. The van der Waals surface area contributed by atoms with E-state index in [1.165, 1.54) is 6.07 Å². The van der Waals surface area contributed by atoms with E-state index in [0.717, 1.165) is 4.47 Å². The van der Waals surface area contributed by atoms with E-state index in [1.807, 2.05) is 0 Å². The van der Waals surface area contributed by atoms with Crippen LogP contribution >= 0.6 is 31.9 Å². The number of halogens is 2. The lowest BCUT2D eigenvalue weighted by Gasteiger charge is -2.07. The van der Waals surface area contributed by atoms with Gasteiger partial charge in [-0.15, -0.1) is 0 Å². The summed E-state index contributed by atoms with van der Waals surface area (Å²) in [6.45, 7) is 1.89. The molecule has 0 spiro atoms. The highest BCUT2D eigenvalue weighted by Gasteiger charge is 2.17. The Labute approximate surface area is 133 Å². The monoisotopic (exact) mass is 423 g/mol. The van der Waals surface area contributed by atoms with Crippen LogP contribution in [0.3, 0.4) is 0 Å². The van der Waals surface area contributed by atoms with E-state index in [4.69, 9.17) is 4.52 Å². The minimum absolute atomic E-state index is 0.183. The highest BCUT2D eigenvalue weighted by atomic mass is 79.9. The Morgan fingerprint density at radius 1 is 1.35 bits per heavy atom. The number of aromatic nitrogens is 2. The Balaban J connectivity index is 2.04. The number of nitrogens with zero attached hydrogens (tertiary/aromatic N) is 2. The van der Waals surface area contributed by atoms with E-state index in [1.54, 1.807) is 19.1 Å². The molecule has 0 saturated heterocycles. The van der Waals surface area contributed by atoms with Crippen molar-refractivity contribution >= 4 is 41.9 Å². The van der Waals surface area contributed by atoms with Gasteiger partial charge in [0.25, 0.3) is 0 Å². The Morgan fingerprint density at radius 2 is 2.10 bits per heavy atom. The first-order valence-corrected chi connectivity index (χ1v) is 8.69. The lowest BCUT2D eigenvalue weighted by atomic mass is 10.4. The second-order valence-electron chi connectivity index (χ2n) is 3.96. The van der Waals surface area contributed by atoms with Crippen LogP contribution in [0, 0.1) is 6.92 Å². The molecule has 0 aliphatic carbocycles. The first-order valence-electron chi connectivity index (χ1n) is 5.62. The molecule has 0 aliphatic rings. The summed E-state index contributed by atoms with van der Waals surface area (Å²) >= 11 is 6.51. The Kier molecular flexibility index (Phi) is 4.95. The van der Waals surface area contributed by atoms with E-state index < -0.39 is 10.0 Å². The maximum atomic E-state index is 12.1. The van der Waals surface area contributed by atoms with E-state index >= 15 is 0 Å². The molecule has 2 rings (SSSR count). The lowest BCUT2D eigenvalue weighted by molar-refractivity contribution is 0.375. The van der Waals surface area contributed by atoms with Gasteiger partial charge in [0, 0.05) is 21.9 Å². The molecule has 1 aromatic carbocycles. The normalized spacial score (nSPS) is 11.8. The molecule has 9 heteroatoms. The van der Waals surface area contributed by atoms with Gasteiger partial charge in [-0.2, -0.15) is 4.98 Å². The summed E-state index contributed by atoms with van der Waals surface area (Å²) in [5, 5.41) is 3.64. The van der Waals surface area contributed by atoms with Crippen molar-refractivity contribution in [3.05, 3.63) is 38.9 Å². The highest BCUT2D eigenvalue weighted by Crippen LogP contribution is 2.25. The summed E-state index contributed by atoms with van der Waals surface area (Å²) in [6, 6.07) is 4.87. The number of hydrogen-bond acceptors (Lipinski definition) is 5. The van der Waals surface area contributed by atoms with Crippen molar-refractivity contribution in [3.63, 3.8) is 0 Å². The van der Waals surface area contributed by atoms with Gasteiger partial charge in [-0.25, -0.2) is 13.1 Å². The molecule has 108 valence electrons. The van der Waals surface area contributed by atoms with Crippen molar-refractivity contribution in [3.8, 4) is 0 Å². The predicted octanol–water partition coefficient (Wildman–Crippen LogP) is 2.42. The van der Waals surface area contributed by atoms with Crippen LogP contribution < -0.4 is 4.72 Å². The van der Waals surface area contributed by atoms with Crippen LogP contribution in [0.2, 0.25) is 0 Å². The topological polar surface area (TPSA) is 85.1 Å². The van der Waals surface area contributed by atoms with E-state index in [-0.39, 0.29) is 11.4 Å². The lowest BCUT2D eigenvalue weighted by Crippen LogP contribution is -2.26. The summed E-state index contributed by atoms with van der Waals surface area (Å²) in [5.41, 5.74) is 0. The summed E-state index contributed by atoms with van der Waals surface area (Å²) in [6.07, 6.45) is 0.341. The van der Waals surface area contributed by atoms with Gasteiger partial charge in [0.1, 0.15) is 0 Å². The molecule has 1 N–H and O–H groups in total. The standard InChI is InChI=1S/C11H11Br2N3O3S/c1-7-15-11(19-16-7)4-5-14-20(17,18)10-3-2-8(12)6-9(10)13/h2-3,6,14H,4-5H2,1H3. The number of nitrogens with one attached hydrogen (secondary N) is 1. The van der Waals surface area contributed by atoms with Crippen LogP contribution in [-0.2, 0) is 16.4 Å². The molecule has 0 fully saturated rings. The molecule has 0 saturated carbocycles. The van der Waals surface area contributed by atoms with Crippen molar-refractivity contribution in [1.82, 2.24) is 14.9 Å². The predicted molar refractivity (Wildman–Crippen MR) is 79.8 cm³/mol. The van der Waals surface area contributed by atoms with Gasteiger partial charge >= 0.3 is 0 Å². The maximum absolute atomic E-state index is 12.1. The number of benzene rings is 1. The van der Waals surface area contributed by atoms with Gasteiger partial charge in [-0.05, 0) is 41.1 Å². The molecule has 1 heterocycles. The van der Waals surface area contributed by atoms with E-state index in [0.29, 0.717) is 22.6 Å². The minimum Gasteiger partial charge on any atom is -0.339 e.